The molecular formula is C18H21N3O4. The lowest BCUT2D eigenvalue weighted by Gasteiger charge is -2.39. The van der Waals surface area contributed by atoms with Gasteiger partial charge in [-0.2, -0.15) is 0 Å². The SMILES string of the molecule is Cc1ncoc1C(=O)N1CCC[C@]2(C[C@H](Oc3cccnc3)CO2)C1. The zero-order valence-corrected chi connectivity index (χ0v) is 14.2. The van der Waals surface area contributed by atoms with Crippen LogP contribution in [0.5, 0.6) is 5.75 Å². The molecule has 2 aromatic heterocycles. The van der Waals surface area contributed by atoms with Gasteiger partial charge in [-0.25, -0.2) is 4.98 Å². The Morgan fingerprint density at radius 1 is 1.48 bits per heavy atom. The van der Waals surface area contributed by atoms with E-state index in [-0.39, 0.29) is 17.6 Å². The van der Waals surface area contributed by atoms with Gasteiger partial charge in [-0.1, -0.05) is 0 Å². The van der Waals surface area contributed by atoms with Crippen LogP contribution in [-0.2, 0) is 4.74 Å². The van der Waals surface area contributed by atoms with Gasteiger partial charge in [-0.3, -0.25) is 9.78 Å². The Bertz CT molecular complexity index is 748. The van der Waals surface area contributed by atoms with Crippen molar-refractivity contribution < 1.29 is 18.7 Å². The molecule has 2 aromatic rings. The summed E-state index contributed by atoms with van der Waals surface area (Å²) >= 11 is 0. The number of amides is 1. The topological polar surface area (TPSA) is 77.7 Å². The molecule has 2 saturated heterocycles. The number of carbonyl (C=O) groups excluding carboxylic acids is 1. The lowest BCUT2D eigenvalue weighted by molar-refractivity contribution is -0.0459. The van der Waals surface area contributed by atoms with Crippen LogP contribution in [-0.4, -0.2) is 52.2 Å². The normalized spacial score (nSPS) is 26.1. The zero-order chi connectivity index (χ0) is 17.3. The summed E-state index contributed by atoms with van der Waals surface area (Å²) in [5, 5.41) is 0. The van der Waals surface area contributed by atoms with Crippen molar-refractivity contribution in [3.05, 3.63) is 42.4 Å². The van der Waals surface area contributed by atoms with E-state index < -0.39 is 0 Å². The molecule has 4 rings (SSSR count). The first kappa shape index (κ1) is 16.1. The van der Waals surface area contributed by atoms with Gasteiger partial charge in [-0.15, -0.1) is 0 Å². The molecule has 0 N–H and O–H groups in total. The summed E-state index contributed by atoms with van der Waals surface area (Å²) in [6, 6.07) is 3.74. The number of hydrogen-bond acceptors (Lipinski definition) is 6. The molecule has 25 heavy (non-hydrogen) atoms. The number of nitrogens with zero attached hydrogens (tertiary/aromatic N) is 3. The Morgan fingerprint density at radius 2 is 2.40 bits per heavy atom. The number of pyridine rings is 1. The molecule has 7 heteroatoms. The summed E-state index contributed by atoms with van der Waals surface area (Å²) in [6.45, 7) is 3.57. The molecule has 1 spiro atoms. The number of carbonyl (C=O) groups is 1. The first-order chi connectivity index (χ1) is 12.2. The van der Waals surface area contributed by atoms with Gasteiger partial charge in [0.15, 0.2) is 6.39 Å². The molecule has 4 heterocycles. The molecule has 1 amide bonds. The number of hydrogen-bond donors (Lipinski definition) is 0. The van der Waals surface area contributed by atoms with E-state index in [1.54, 1.807) is 19.3 Å². The molecule has 2 aliphatic heterocycles. The molecule has 132 valence electrons. The lowest BCUT2D eigenvalue weighted by Crippen LogP contribution is -2.50. The summed E-state index contributed by atoms with van der Waals surface area (Å²) in [7, 11) is 0. The predicted molar refractivity (Wildman–Crippen MR) is 88.3 cm³/mol. The second kappa shape index (κ2) is 6.48. The number of rotatable bonds is 3. The van der Waals surface area contributed by atoms with Crippen molar-refractivity contribution in [2.24, 2.45) is 0 Å². The quantitative estimate of drug-likeness (QED) is 0.850. The summed E-state index contributed by atoms with van der Waals surface area (Å²) in [5.74, 6) is 0.946. The molecule has 2 atom stereocenters. The maximum atomic E-state index is 12.7. The van der Waals surface area contributed by atoms with Crippen LogP contribution in [0.4, 0.5) is 0 Å². The minimum atomic E-state index is -0.339. The number of aryl methyl sites for hydroxylation is 1. The van der Waals surface area contributed by atoms with Gasteiger partial charge in [0.1, 0.15) is 11.9 Å². The molecule has 0 bridgehead atoms. The third kappa shape index (κ3) is 3.24. The van der Waals surface area contributed by atoms with Crippen LogP contribution >= 0.6 is 0 Å². The maximum Gasteiger partial charge on any atom is 0.291 e. The van der Waals surface area contributed by atoms with E-state index in [1.807, 2.05) is 17.0 Å². The lowest BCUT2D eigenvalue weighted by atomic mass is 9.89. The third-order valence-electron chi connectivity index (χ3n) is 4.88. The molecule has 2 aliphatic rings. The van der Waals surface area contributed by atoms with Crippen LogP contribution in [0, 0.1) is 6.92 Å². The van der Waals surface area contributed by atoms with E-state index in [2.05, 4.69) is 9.97 Å². The van der Waals surface area contributed by atoms with Crippen molar-refractivity contribution in [1.82, 2.24) is 14.9 Å². The number of piperidine rings is 1. The van der Waals surface area contributed by atoms with Gasteiger partial charge >= 0.3 is 0 Å². The predicted octanol–water partition coefficient (Wildman–Crippen LogP) is 2.22. The molecule has 0 radical (unpaired) electrons. The van der Waals surface area contributed by atoms with Crippen LogP contribution < -0.4 is 4.74 Å². The number of likely N-dealkylation sites (tertiary alicyclic amines) is 1. The molecule has 2 fully saturated rings. The molecule has 0 unspecified atom stereocenters. The van der Waals surface area contributed by atoms with E-state index in [0.29, 0.717) is 31.2 Å². The standard InChI is InChI=1S/C18H21N3O4/c1-13-16(23-12-20-13)17(22)21-7-3-5-18(11-21)8-15(10-24-18)25-14-4-2-6-19-9-14/h2,4,6,9,12,15H,3,5,7-8,10-11H2,1H3/t15-,18-/m0/s1. The Morgan fingerprint density at radius 3 is 3.16 bits per heavy atom. The second-order valence-electron chi connectivity index (χ2n) is 6.72. The minimum absolute atomic E-state index is 0.0220. The smallest absolute Gasteiger partial charge is 0.291 e. The van der Waals surface area contributed by atoms with Crippen LogP contribution in [0.3, 0.4) is 0 Å². The molecule has 0 aliphatic carbocycles. The highest BCUT2D eigenvalue weighted by Gasteiger charge is 2.46. The van der Waals surface area contributed by atoms with Gasteiger partial charge in [0.25, 0.3) is 5.91 Å². The third-order valence-corrected chi connectivity index (χ3v) is 4.88. The minimum Gasteiger partial charge on any atom is -0.486 e. The van der Waals surface area contributed by atoms with Crippen LogP contribution in [0.1, 0.15) is 35.5 Å². The van der Waals surface area contributed by atoms with Crippen molar-refractivity contribution in [2.45, 2.75) is 37.9 Å². The Labute approximate surface area is 146 Å². The average molecular weight is 343 g/mol. The second-order valence-corrected chi connectivity index (χ2v) is 6.72. The van der Waals surface area contributed by atoms with Crippen molar-refractivity contribution in [3.8, 4) is 5.75 Å². The average Bonchev–Trinajstić information content (AvgIpc) is 3.22. The van der Waals surface area contributed by atoms with Gasteiger partial charge < -0.3 is 18.8 Å². The zero-order valence-electron chi connectivity index (χ0n) is 14.2. The molecular weight excluding hydrogens is 322 g/mol. The number of oxazole rings is 1. The van der Waals surface area contributed by atoms with Crippen molar-refractivity contribution in [3.63, 3.8) is 0 Å². The van der Waals surface area contributed by atoms with Gasteiger partial charge in [0.2, 0.25) is 5.76 Å². The Kier molecular flexibility index (Phi) is 4.17. The van der Waals surface area contributed by atoms with E-state index in [0.717, 1.165) is 25.0 Å². The van der Waals surface area contributed by atoms with E-state index in [4.69, 9.17) is 13.9 Å². The Balaban J connectivity index is 1.42. The van der Waals surface area contributed by atoms with Crippen LogP contribution in [0.15, 0.2) is 35.3 Å². The molecule has 0 saturated carbocycles. The van der Waals surface area contributed by atoms with E-state index in [9.17, 15) is 4.79 Å². The van der Waals surface area contributed by atoms with Crippen LogP contribution in [0.25, 0.3) is 0 Å². The Hall–Kier alpha value is -2.41. The molecule has 7 nitrogen and oxygen atoms in total. The monoisotopic (exact) mass is 343 g/mol. The summed E-state index contributed by atoms with van der Waals surface area (Å²) < 4.78 is 17.3. The number of ether oxygens (including phenoxy) is 2. The van der Waals surface area contributed by atoms with Gasteiger partial charge in [-0.05, 0) is 31.9 Å². The van der Waals surface area contributed by atoms with Crippen molar-refractivity contribution in [1.29, 1.82) is 0 Å². The summed E-state index contributed by atoms with van der Waals surface area (Å²) in [6.07, 6.45) is 7.31. The highest BCUT2D eigenvalue weighted by molar-refractivity contribution is 5.92. The van der Waals surface area contributed by atoms with Gasteiger partial charge in [0.05, 0.1) is 30.6 Å². The largest absolute Gasteiger partial charge is 0.486 e. The summed E-state index contributed by atoms with van der Waals surface area (Å²) in [5.41, 5.74) is 0.282. The van der Waals surface area contributed by atoms with E-state index >= 15 is 0 Å². The fraction of sp³-hybridized carbons (Fsp3) is 0.500. The fourth-order valence-electron chi connectivity index (χ4n) is 3.69. The molecule has 0 aromatic carbocycles. The van der Waals surface area contributed by atoms with Gasteiger partial charge in [0, 0.05) is 19.2 Å². The first-order valence-electron chi connectivity index (χ1n) is 8.55. The van der Waals surface area contributed by atoms with Crippen LogP contribution in [0.2, 0.25) is 0 Å². The highest BCUT2D eigenvalue weighted by atomic mass is 16.6. The summed E-state index contributed by atoms with van der Waals surface area (Å²) in [4.78, 5) is 22.6. The van der Waals surface area contributed by atoms with Crippen molar-refractivity contribution in [2.75, 3.05) is 19.7 Å². The fourth-order valence-corrected chi connectivity index (χ4v) is 3.69. The number of aromatic nitrogens is 2. The van der Waals surface area contributed by atoms with E-state index in [1.165, 1.54) is 6.39 Å². The maximum absolute atomic E-state index is 12.7. The van der Waals surface area contributed by atoms with Crippen molar-refractivity contribution >= 4 is 5.91 Å². The first-order valence-corrected chi connectivity index (χ1v) is 8.55. The highest BCUT2D eigenvalue weighted by Crippen LogP contribution is 2.36.